The van der Waals surface area contributed by atoms with Crippen LogP contribution < -0.4 is 10.6 Å². The van der Waals surface area contributed by atoms with Gasteiger partial charge < -0.3 is 25.2 Å². The number of fused-ring (bicyclic) bond motifs is 3. The molecule has 2 aromatic carbocycles. The number of alkyl carbamates (subject to hydrolysis) is 2. The highest BCUT2D eigenvalue weighted by molar-refractivity contribution is 5.81. The van der Waals surface area contributed by atoms with E-state index in [-0.39, 0.29) is 25.0 Å². The molecule has 0 aliphatic heterocycles. The lowest BCUT2D eigenvalue weighted by atomic mass is 9.98. The van der Waals surface area contributed by atoms with Gasteiger partial charge in [0.15, 0.2) is 0 Å². The molecule has 2 atom stereocenters. The number of nitrogens with one attached hydrogen (secondary N) is 2. The van der Waals surface area contributed by atoms with E-state index in [0.717, 1.165) is 54.4 Å². The van der Waals surface area contributed by atoms with Crippen molar-refractivity contribution in [1.82, 2.24) is 10.6 Å². The van der Waals surface area contributed by atoms with Gasteiger partial charge in [-0.15, -0.1) is 0 Å². The summed E-state index contributed by atoms with van der Waals surface area (Å²) in [6, 6.07) is 15.0. The van der Waals surface area contributed by atoms with E-state index in [9.17, 15) is 19.5 Å². The molecule has 0 saturated carbocycles. The Morgan fingerprint density at radius 1 is 0.921 bits per heavy atom. The van der Waals surface area contributed by atoms with Crippen LogP contribution in [0.3, 0.4) is 0 Å². The number of hydrogen-bond acceptors (Lipinski definition) is 5. The van der Waals surface area contributed by atoms with Crippen molar-refractivity contribution in [2.24, 2.45) is 0 Å². The lowest BCUT2D eigenvalue weighted by Crippen LogP contribution is -2.41. The van der Waals surface area contributed by atoms with E-state index in [1.54, 1.807) is 0 Å². The van der Waals surface area contributed by atoms with E-state index >= 15 is 0 Å². The van der Waals surface area contributed by atoms with Gasteiger partial charge in [0, 0.05) is 18.9 Å². The molecule has 8 nitrogen and oxygen atoms in total. The van der Waals surface area contributed by atoms with Crippen molar-refractivity contribution in [2.75, 3.05) is 13.2 Å². The van der Waals surface area contributed by atoms with Crippen molar-refractivity contribution >= 4 is 18.2 Å². The van der Waals surface area contributed by atoms with E-state index in [1.165, 1.54) is 0 Å². The van der Waals surface area contributed by atoms with Crippen molar-refractivity contribution in [2.45, 2.75) is 69.4 Å². The molecule has 1 unspecified atom stereocenters. The summed E-state index contributed by atoms with van der Waals surface area (Å²) in [4.78, 5) is 36.2. The normalized spacial score (nSPS) is 18.2. The number of aliphatic carboxylic acids is 1. The first-order valence-electron chi connectivity index (χ1n) is 13.5. The third-order valence-electron chi connectivity index (χ3n) is 7.11. The van der Waals surface area contributed by atoms with Gasteiger partial charge in [0.2, 0.25) is 0 Å². The van der Waals surface area contributed by atoms with E-state index in [2.05, 4.69) is 34.9 Å². The van der Waals surface area contributed by atoms with Gasteiger partial charge in [-0.1, -0.05) is 60.7 Å². The van der Waals surface area contributed by atoms with Crippen LogP contribution in [0.15, 0.2) is 60.7 Å². The zero-order valence-corrected chi connectivity index (χ0v) is 21.6. The molecule has 8 heteroatoms. The quantitative estimate of drug-likeness (QED) is 0.271. The number of allylic oxidation sites excluding steroid dienone is 1. The molecule has 2 aliphatic rings. The van der Waals surface area contributed by atoms with E-state index < -0.39 is 24.2 Å². The van der Waals surface area contributed by atoms with Crippen LogP contribution in [-0.4, -0.2) is 48.6 Å². The van der Waals surface area contributed by atoms with Gasteiger partial charge in [0.05, 0.1) is 0 Å². The molecule has 4 rings (SSSR count). The van der Waals surface area contributed by atoms with E-state index in [4.69, 9.17) is 9.47 Å². The molecule has 38 heavy (non-hydrogen) atoms. The molecule has 0 fully saturated rings. The predicted molar refractivity (Wildman–Crippen MR) is 144 cm³/mol. The van der Waals surface area contributed by atoms with Gasteiger partial charge >= 0.3 is 18.2 Å². The summed E-state index contributed by atoms with van der Waals surface area (Å²) in [6.45, 7) is 0.494. The zero-order chi connectivity index (χ0) is 26.7. The smallest absolute Gasteiger partial charge is 0.407 e. The fraction of sp³-hybridized carbons (Fsp3) is 0.433. The second-order valence-electron chi connectivity index (χ2n) is 9.80. The summed E-state index contributed by atoms with van der Waals surface area (Å²) in [7, 11) is 0. The predicted octanol–water partition coefficient (Wildman–Crippen LogP) is 5.76. The Morgan fingerprint density at radius 3 is 2.34 bits per heavy atom. The molecule has 2 aromatic rings. The molecule has 0 heterocycles. The Morgan fingerprint density at radius 2 is 1.63 bits per heavy atom. The number of ether oxygens (including phenoxy) is 2. The first kappa shape index (κ1) is 27.2. The Kier molecular flexibility index (Phi) is 9.78. The summed E-state index contributed by atoms with van der Waals surface area (Å²) >= 11 is 0. The lowest BCUT2D eigenvalue weighted by molar-refractivity contribution is -0.139. The van der Waals surface area contributed by atoms with Crippen LogP contribution in [0.1, 0.15) is 68.4 Å². The van der Waals surface area contributed by atoms with Crippen LogP contribution in [0.5, 0.6) is 0 Å². The number of rotatable bonds is 10. The largest absolute Gasteiger partial charge is 0.480 e. The third-order valence-corrected chi connectivity index (χ3v) is 7.11. The fourth-order valence-corrected chi connectivity index (χ4v) is 5.12. The molecule has 3 N–H and O–H groups in total. The minimum atomic E-state index is -1.12. The average Bonchev–Trinajstić information content (AvgIpc) is 3.21. The van der Waals surface area contributed by atoms with E-state index in [1.807, 2.05) is 36.4 Å². The van der Waals surface area contributed by atoms with Crippen molar-refractivity contribution < 1.29 is 29.0 Å². The number of unbranched alkanes of at least 4 members (excludes halogenated alkanes) is 1. The van der Waals surface area contributed by atoms with E-state index in [0.29, 0.717) is 19.4 Å². The number of carbonyl (C=O) groups is 3. The maximum absolute atomic E-state index is 12.5. The Bertz CT molecular complexity index is 1100. The maximum Gasteiger partial charge on any atom is 0.407 e. The SMILES string of the molecule is O=C(N[C@@H](CCCCNC(=O)OC1C/C=C/CCCC1)C(=O)O)OCC1c2ccccc2-c2ccccc21. The zero-order valence-electron chi connectivity index (χ0n) is 21.6. The summed E-state index contributed by atoms with van der Waals surface area (Å²) < 4.78 is 11.0. The summed E-state index contributed by atoms with van der Waals surface area (Å²) in [5.74, 6) is -1.22. The number of benzene rings is 2. The summed E-state index contributed by atoms with van der Waals surface area (Å²) in [6.07, 6.45) is 8.99. The minimum absolute atomic E-state index is 0.0966. The van der Waals surface area contributed by atoms with Crippen molar-refractivity contribution in [3.8, 4) is 11.1 Å². The van der Waals surface area contributed by atoms with Crippen LogP contribution in [0.2, 0.25) is 0 Å². The number of carbonyl (C=O) groups excluding carboxylic acids is 2. The van der Waals surface area contributed by atoms with Crippen LogP contribution in [0.4, 0.5) is 9.59 Å². The summed E-state index contributed by atoms with van der Waals surface area (Å²) in [5, 5.41) is 14.8. The third kappa shape index (κ3) is 7.37. The minimum Gasteiger partial charge on any atom is -0.480 e. The topological polar surface area (TPSA) is 114 Å². The number of amides is 2. The summed E-state index contributed by atoms with van der Waals surface area (Å²) in [5.41, 5.74) is 4.43. The van der Waals surface area contributed by atoms with Crippen LogP contribution in [-0.2, 0) is 14.3 Å². The molecule has 0 bridgehead atoms. The van der Waals surface area contributed by atoms with Gasteiger partial charge in [0.1, 0.15) is 18.8 Å². The van der Waals surface area contributed by atoms with Crippen LogP contribution >= 0.6 is 0 Å². The monoisotopic (exact) mass is 520 g/mol. The van der Waals surface area contributed by atoms with Crippen molar-refractivity contribution in [1.29, 1.82) is 0 Å². The first-order valence-corrected chi connectivity index (χ1v) is 13.5. The second-order valence-corrected chi connectivity index (χ2v) is 9.80. The molecule has 0 spiro atoms. The molecule has 0 aromatic heterocycles. The Balaban J connectivity index is 1.17. The fourth-order valence-electron chi connectivity index (χ4n) is 5.12. The Hall–Kier alpha value is -3.81. The van der Waals surface area contributed by atoms with Crippen molar-refractivity contribution in [3.05, 3.63) is 71.8 Å². The van der Waals surface area contributed by atoms with Gasteiger partial charge in [-0.2, -0.15) is 0 Å². The average molecular weight is 521 g/mol. The van der Waals surface area contributed by atoms with Gasteiger partial charge in [-0.05, 0) is 67.2 Å². The number of carboxylic acid groups (broad SMARTS) is 1. The Labute approximate surface area is 223 Å². The lowest BCUT2D eigenvalue weighted by Gasteiger charge is -2.18. The number of carboxylic acids is 1. The molecular weight excluding hydrogens is 484 g/mol. The molecule has 2 aliphatic carbocycles. The van der Waals surface area contributed by atoms with Gasteiger partial charge in [0.25, 0.3) is 0 Å². The highest BCUT2D eigenvalue weighted by Crippen LogP contribution is 2.44. The van der Waals surface area contributed by atoms with Gasteiger partial charge in [-0.3, -0.25) is 0 Å². The molecule has 2 amide bonds. The molecular formula is C30H36N2O6. The number of hydrogen-bond donors (Lipinski definition) is 3. The molecule has 0 radical (unpaired) electrons. The maximum atomic E-state index is 12.5. The van der Waals surface area contributed by atoms with Crippen LogP contribution in [0.25, 0.3) is 11.1 Å². The second kappa shape index (κ2) is 13.7. The van der Waals surface area contributed by atoms with Gasteiger partial charge in [-0.25, -0.2) is 14.4 Å². The highest BCUT2D eigenvalue weighted by atomic mass is 16.6. The molecule has 202 valence electrons. The highest BCUT2D eigenvalue weighted by Gasteiger charge is 2.29. The van der Waals surface area contributed by atoms with Crippen molar-refractivity contribution in [3.63, 3.8) is 0 Å². The molecule has 0 saturated heterocycles. The standard InChI is InChI=1S/C30H36N2O6/c33-28(34)27(18-10-11-19-31-29(35)38-21-12-4-2-1-3-5-13-21)32-30(36)37-20-26-24-16-8-6-14-22(24)23-15-7-9-17-25(23)26/h2,4,6-9,14-17,21,26-27H,1,3,5,10-13,18-20H2,(H,31,35)(H,32,36)(H,33,34)/b4-2+/t21?,27-/m0/s1. The van der Waals surface area contributed by atoms with Crippen LogP contribution in [0, 0.1) is 0 Å². The first-order chi connectivity index (χ1) is 18.5.